The fourth-order valence-corrected chi connectivity index (χ4v) is 13.6. The van der Waals surface area contributed by atoms with Gasteiger partial charge >= 0.3 is 0 Å². The van der Waals surface area contributed by atoms with E-state index in [4.69, 9.17) is 18.4 Å². The van der Waals surface area contributed by atoms with Gasteiger partial charge in [-0.15, -0.1) is 0 Å². The molecule has 6 aliphatic carbocycles. The van der Waals surface area contributed by atoms with Crippen molar-refractivity contribution in [3.8, 4) is 0 Å². The normalized spacial score (nSPS) is 43.6. The Morgan fingerprint density at radius 1 is 0.667 bits per heavy atom. The van der Waals surface area contributed by atoms with Gasteiger partial charge in [0.1, 0.15) is 0 Å². The highest BCUT2D eigenvalue weighted by atomic mass is 32.1. The first-order chi connectivity index (χ1) is 20.7. The van der Waals surface area contributed by atoms with Crippen LogP contribution in [0.25, 0.3) is 0 Å². The van der Waals surface area contributed by atoms with Gasteiger partial charge in [-0.05, 0) is 111 Å². The Bertz CT molecular complexity index is 870. The molecule has 1 saturated heterocycles. The highest BCUT2D eigenvalue weighted by Gasteiger charge is 2.56. The molecular weight excluding hydrogens is 529 g/mol. The average Bonchev–Trinajstić information content (AvgIpc) is 3.37. The van der Waals surface area contributed by atoms with Gasteiger partial charge in [-0.1, -0.05) is 108 Å². The van der Waals surface area contributed by atoms with Gasteiger partial charge in [0.05, 0.1) is 0 Å². The van der Waals surface area contributed by atoms with E-state index in [2.05, 4.69) is 17.1 Å². The quantitative estimate of drug-likeness (QED) is 0.227. The minimum atomic E-state index is 0.388. The van der Waals surface area contributed by atoms with Gasteiger partial charge in [-0.2, -0.15) is 12.6 Å². The van der Waals surface area contributed by atoms with E-state index in [1.54, 1.807) is 0 Å². The maximum Gasteiger partial charge on any atom is 0.0140 e. The lowest BCUT2D eigenvalue weighted by Gasteiger charge is -2.46. The number of likely N-dealkylation sites (tertiary alicyclic amines) is 1. The molecule has 0 radical (unpaired) electrons. The molecular formula is C39H66N2S. The van der Waals surface area contributed by atoms with Crippen LogP contribution in [0.2, 0.25) is 0 Å². The minimum absolute atomic E-state index is 0.388. The van der Waals surface area contributed by atoms with Crippen molar-refractivity contribution < 1.29 is 0 Å². The standard InChI is InChI=1S/C39H66N2S/c40-35-19-11-10-18-33(35)31(28-14-6-2-7-15-28)24-25-41-36-23-22-32(29-16-8-3-9-17-29)39(42)38(36)34-21-20-30(26-37(34)41)27-12-4-1-5-13-27/h10,18,27-39,42H,1-9,11-17,19-26,40H2. The molecule has 7 rings (SSSR count). The first kappa shape index (κ1) is 30.7. The maximum atomic E-state index is 6.91. The highest BCUT2D eigenvalue weighted by molar-refractivity contribution is 7.81. The third-order valence-corrected chi connectivity index (χ3v) is 15.6. The summed E-state index contributed by atoms with van der Waals surface area (Å²) in [4.78, 5) is 3.21. The third-order valence-electron chi connectivity index (χ3n) is 14.9. The summed E-state index contributed by atoms with van der Waals surface area (Å²) >= 11 is 5.66. The van der Waals surface area contributed by atoms with Crippen LogP contribution in [0.1, 0.15) is 148 Å². The fraction of sp³-hybridized carbons (Fsp3) is 0.949. The highest BCUT2D eigenvalue weighted by Crippen LogP contribution is 2.56. The number of nitrogens with zero attached hydrogens (tertiary/aromatic N) is 1. The Hall–Kier alpha value is 0.01000. The lowest BCUT2D eigenvalue weighted by molar-refractivity contribution is 0.0689. The number of hydrogen-bond acceptors (Lipinski definition) is 3. The molecule has 5 saturated carbocycles. The zero-order valence-electron chi connectivity index (χ0n) is 27.1. The van der Waals surface area contributed by atoms with Crippen molar-refractivity contribution in [1.29, 1.82) is 0 Å². The topological polar surface area (TPSA) is 29.3 Å². The van der Waals surface area contributed by atoms with Gasteiger partial charge in [0.25, 0.3) is 0 Å². The largest absolute Gasteiger partial charge is 0.327 e. The Kier molecular flexibility index (Phi) is 10.4. The van der Waals surface area contributed by atoms with Crippen LogP contribution in [0.3, 0.4) is 0 Å². The van der Waals surface area contributed by atoms with Crippen LogP contribution in [0, 0.1) is 53.3 Å². The smallest absolute Gasteiger partial charge is 0.0140 e. The zero-order chi connectivity index (χ0) is 28.5. The minimum Gasteiger partial charge on any atom is -0.327 e. The lowest BCUT2D eigenvalue weighted by atomic mass is 9.63. The van der Waals surface area contributed by atoms with E-state index < -0.39 is 0 Å². The second-order valence-electron chi connectivity index (χ2n) is 16.8. The van der Waals surface area contributed by atoms with E-state index in [0.717, 1.165) is 59.4 Å². The molecule has 7 aliphatic rings. The van der Waals surface area contributed by atoms with E-state index in [0.29, 0.717) is 17.2 Å². The van der Waals surface area contributed by atoms with Gasteiger partial charge in [-0.25, -0.2) is 0 Å². The number of fused-ring (bicyclic) bond motifs is 3. The molecule has 238 valence electrons. The van der Waals surface area contributed by atoms with Crippen LogP contribution in [0.15, 0.2) is 12.2 Å². The van der Waals surface area contributed by atoms with Crippen LogP contribution in [-0.2, 0) is 0 Å². The zero-order valence-corrected chi connectivity index (χ0v) is 28.0. The Morgan fingerprint density at radius 2 is 1.33 bits per heavy atom. The molecule has 2 N–H and O–H groups in total. The van der Waals surface area contributed by atoms with Crippen molar-refractivity contribution in [2.24, 2.45) is 59.0 Å². The number of hydrogen-bond donors (Lipinski definition) is 2. The van der Waals surface area contributed by atoms with E-state index >= 15 is 0 Å². The van der Waals surface area contributed by atoms with E-state index in [1.807, 2.05) is 0 Å². The summed E-state index contributed by atoms with van der Waals surface area (Å²) in [5, 5.41) is 0.652. The summed E-state index contributed by atoms with van der Waals surface area (Å²) in [7, 11) is 0. The monoisotopic (exact) mass is 594 g/mol. The molecule has 3 heteroatoms. The third kappa shape index (κ3) is 6.34. The van der Waals surface area contributed by atoms with Gasteiger partial charge in [0.15, 0.2) is 0 Å². The summed E-state index contributed by atoms with van der Waals surface area (Å²) in [5.74, 6) is 8.03. The molecule has 0 aromatic carbocycles. The number of allylic oxidation sites excluding steroid dienone is 1. The number of thiol groups is 1. The number of rotatable bonds is 7. The first-order valence-corrected chi connectivity index (χ1v) is 20.1. The van der Waals surface area contributed by atoms with Crippen molar-refractivity contribution in [2.75, 3.05) is 6.54 Å². The predicted octanol–water partition coefficient (Wildman–Crippen LogP) is 9.82. The summed E-state index contributed by atoms with van der Waals surface area (Å²) in [6.45, 7) is 1.35. The van der Waals surface area contributed by atoms with Crippen LogP contribution in [0.4, 0.5) is 0 Å². The van der Waals surface area contributed by atoms with Crippen LogP contribution in [0.5, 0.6) is 0 Å². The van der Waals surface area contributed by atoms with E-state index in [-0.39, 0.29) is 0 Å². The SMILES string of the molecule is NC1CCC=CC1C(CCN1C2CC(C3CCCCC3)CCC2C2C(S)C(C3CCCCC3)CCC21)C1CCCCC1. The molecule has 0 bridgehead atoms. The molecule has 0 aromatic heterocycles. The Labute approximate surface area is 265 Å². The van der Waals surface area contributed by atoms with Crippen molar-refractivity contribution in [3.63, 3.8) is 0 Å². The van der Waals surface area contributed by atoms with Crippen LogP contribution >= 0.6 is 12.6 Å². The van der Waals surface area contributed by atoms with E-state index in [9.17, 15) is 0 Å². The molecule has 10 unspecified atom stereocenters. The van der Waals surface area contributed by atoms with Crippen molar-refractivity contribution >= 4 is 12.6 Å². The average molecular weight is 595 g/mol. The lowest BCUT2D eigenvalue weighted by Crippen LogP contribution is -2.47. The van der Waals surface area contributed by atoms with Crippen LogP contribution < -0.4 is 5.73 Å². The van der Waals surface area contributed by atoms with E-state index in [1.165, 1.54) is 154 Å². The van der Waals surface area contributed by atoms with Crippen molar-refractivity contribution in [2.45, 2.75) is 171 Å². The molecule has 0 amide bonds. The summed E-state index contributed by atoms with van der Waals surface area (Å²) < 4.78 is 0. The van der Waals surface area contributed by atoms with Crippen molar-refractivity contribution in [1.82, 2.24) is 4.90 Å². The van der Waals surface area contributed by atoms with Crippen LogP contribution in [-0.4, -0.2) is 34.8 Å². The predicted molar refractivity (Wildman–Crippen MR) is 182 cm³/mol. The summed E-state index contributed by atoms with van der Waals surface area (Å²) in [6.07, 6.45) is 38.7. The Morgan fingerprint density at radius 3 is 2.05 bits per heavy atom. The molecule has 0 spiro atoms. The summed E-state index contributed by atoms with van der Waals surface area (Å²) in [5.41, 5.74) is 6.91. The molecule has 0 aromatic rings. The fourth-order valence-electron chi connectivity index (χ4n) is 12.8. The molecule has 2 nitrogen and oxygen atoms in total. The number of nitrogens with two attached hydrogens (primary N) is 1. The van der Waals surface area contributed by atoms with Gasteiger partial charge < -0.3 is 5.73 Å². The van der Waals surface area contributed by atoms with Gasteiger partial charge in [0.2, 0.25) is 0 Å². The second kappa shape index (κ2) is 14.2. The van der Waals surface area contributed by atoms with Gasteiger partial charge in [0, 0.05) is 23.4 Å². The molecule has 6 fully saturated rings. The van der Waals surface area contributed by atoms with Crippen molar-refractivity contribution in [3.05, 3.63) is 12.2 Å². The molecule has 1 heterocycles. The first-order valence-electron chi connectivity index (χ1n) is 19.5. The second-order valence-corrected chi connectivity index (χ2v) is 17.4. The Balaban J connectivity index is 1.12. The molecule has 10 atom stereocenters. The summed E-state index contributed by atoms with van der Waals surface area (Å²) in [6, 6.07) is 2.05. The molecule has 42 heavy (non-hydrogen) atoms. The van der Waals surface area contributed by atoms with Gasteiger partial charge in [-0.3, -0.25) is 4.90 Å². The molecule has 1 aliphatic heterocycles. The maximum absolute atomic E-state index is 6.91.